The van der Waals surface area contributed by atoms with Crippen LogP contribution in [0.1, 0.15) is 36.9 Å². The fourth-order valence-electron chi connectivity index (χ4n) is 2.82. The molecule has 112 valence electrons. The number of ether oxygens (including phenoxy) is 1. The highest BCUT2D eigenvalue weighted by atomic mass is 16.5. The van der Waals surface area contributed by atoms with Crippen molar-refractivity contribution in [2.45, 2.75) is 38.8 Å². The lowest BCUT2D eigenvalue weighted by atomic mass is 9.93. The van der Waals surface area contributed by atoms with Gasteiger partial charge in [0.1, 0.15) is 5.75 Å². The highest BCUT2D eigenvalue weighted by molar-refractivity contribution is 5.37. The summed E-state index contributed by atoms with van der Waals surface area (Å²) in [4.78, 5) is 0. The van der Waals surface area contributed by atoms with Gasteiger partial charge in [-0.2, -0.15) is 5.10 Å². The van der Waals surface area contributed by atoms with Crippen molar-refractivity contribution in [3.63, 3.8) is 0 Å². The summed E-state index contributed by atoms with van der Waals surface area (Å²) in [5.74, 6) is 1.53. The topological polar surface area (TPSA) is 39.1 Å². The minimum absolute atomic E-state index is 0.492. The van der Waals surface area contributed by atoms with Crippen molar-refractivity contribution in [2.24, 2.45) is 0 Å². The first-order valence-corrected chi connectivity index (χ1v) is 7.81. The lowest BCUT2D eigenvalue weighted by molar-refractivity contribution is 0.256. The van der Waals surface area contributed by atoms with Gasteiger partial charge in [0.15, 0.2) is 0 Å². The van der Waals surface area contributed by atoms with Gasteiger partial charge < -0.3 is 10.1 Å². The van der Waals surface area contributed by atoms with Crippen molar-refractivity contribution in [1.29, 1.82) is 0 Å². The zero-order chi connectivity index (χ0) is 14.5. The number of nitrogens with one attached hydrogen (secondary N) is 1. The molecule has 0 amide bonds. The molecule has 1 aliphatic heterocycles. The number of aromatic nitrogens is 2. The van der Waals surface area contributed by atoms with Gasteiger partial charge in [0.25, 0.3) is 0 Å². The first-order valence-electron chi connectivity index (χ1n) is 7.81. The normalized spacial score (nSPS) is 17.3. The molecule has 0 spiro atoms. The van der Waals surface area contributed by atoms with E-state index >= 15 is 0 Å². The first-order chi connectivity index (χ1) is 10.4. The SMILES string of the molecule is CCCNCc1ccn(CC2CCOc3ccccc32)n1. The third-order valence-corrected chi connectivity index (χ3v) is 3.92. The molecule has 4 heteroatoms. The van der Waals surface area contributed by atoms with Gasteiger partial charge in [-0.1, -0.05) is 25.1 Å². The van der Waals surface area contributed by atoms with Crippen LogP contribution in [0.15, 0.2) is 36.5 Å². The number of fused-ring (bicyclic) bond motifs is 1. The van der Waals surface area contributed by atoms with E-state index < -0.39 is 0 Å². The van der Waals surface area contributed by atoms with Crippen molar-refractivity contribution in [2.75, 3.05) is 13.2 Å². The molecule has 1 N–H and O–H groups in total. The summed E-state index contributed by atoms with van der Waals surface area (Å²) in [7, 11) is 0. The molecular weight excluding hydrogens is 262 g/mol. The van der Waals surface area contributed by atoms with E-state index in [-0.39, 0.29) is 0 Å². The third kappa shape index (κ3) is 3.45. The zero-order valence-electron chi connectivity index (χ0n) is 12.6. The summed E-state index contributed by atoms with van der Waals surface area (Å²) >= 11 is 0. The Morgan fingerprint density at radius 3 is 3.14 bits per heavy atom. The average molecular weight is 285 g/mol. The molecule has 1 atom stereocenters. The van der Waals surface area contributed by atoms with Gasteiger partial charge in [-0.25, -0.2) is 0 Å². The maximum atomic E-state index is 5.72. The zero-order valence-corrected chi connectivity index (χ0v) is 12.6. The van der Waals surface area contributed by atoms with Crippen LogP contribution in [0.25, 0.3) is 0 Å². The summed E-state index contributed by atoms with van der Waals surface area (Å²) in [6.07, 6.45) is 4.29. The van der Waals surface area contributed by atoms with Crippen LogP contribution in [0.5, 0.6) is 5.75 Å². The molecule has 0 bridgehead atoms. The summed E-state index contributed by atoms with van der Waals surface area (Å²) in [6, 6.07) is 10.5. The average Bonchev–Trinajstić information content (AvgIpc) is 2.96. The summed E-state index contributed by atoms with van der Waals surface area (Å²) in [6.45, 7) is 5.79. The highest BCUT2D eigenvalue weighted by Gasteiger charge is 2.21. The van der Waals surface area contributed by atoms with Crippen LogP contribution < -0.4 is 10.1 Å². The van der Waals surface area contributed by atoms with Gasteiger partial charge in [-0.05, 0) is 37.1 Å². The van der Waals surface area contributed by atoms with E-state index in [2.05, 4.69) is 52.5 Å². The van der Waals surface area contributed by atoms with Crippen LogP contribution in [0.3, 0.4) is 0 Å². The number of hydrogen-bond acceptors (Lipinski definition) is 3. The molecule has 0 fully saturated rings. The lowest BCUT2D eigenvalue weighted by Crippen LogP contribution is -2.19. The van der Waals surface area contributed by atoms with E-state index in [0.717, 1.165) is 50.5 Å². The minimum atomic E-state index is 0.492. The van der Waals surface area contributed by atoms with E-state index in [9.17, 15) is 0 Å². The largest absolute Gasteiger partial charge is 0.493 e. The van der Waals surface area contributed by atoms with E-state index in [4.69, 9.17) is 4.74 Å². The minimum Gasteiger partial charge on any atom is -0.493 e. The Morgan fingerprint density at radius 1 is 1.33 bits per heavy atom. The number of benzene rings is 1. The second kappa shape index (κ2) is 6.76. The predicted octanol–water partition coefficient (Wildman–Crippen LogP) is 2.95. The van der Waals surface area contributed by atoms with Crippen LogP contribution >= 0.6 is 0 Å². The molecule has 4 nitrogen and oxygen atoms in total. The Morgan fingerprint density at radius 2 is 2.24 bits per heavy atom. The van der Waals surface area contributed by atoms with Gasteiger partial charge >= 0.3 is 0 Å². The molecule has 2 heterocycles. The number of nitrogens with zero attached hydrogens (tertiary/aromatic N) is 2. The molecule has 21 heavy (non-hydrogen) atoms. The molecule has 1 aromatic heterocycles. The quantitative estimate of drug-likeness (QED) is 0.829. The number of para-hydroxylation sites is 1. The molecule has 1 unspecified atom stereocenters. The maximum absolute atomic E-state index is 5.72. The summed E-state index contributed by atoms with van der Waals surface area (Å²) in [5, 5.41) is 8.05. The Hall–Kier alpha value is -1.81. The van der Waals surface area contributed by atoms with E-state index in [1.807, 2.05) is 6.07 Å². The van der Waals surface area contributed by atoms with Crippen molar-refractivity contribution in [3.05, 3.63) is 47.8 Å². The molecule has 0 saturated carbocycles. The number of rotatable bonds is 6. The van der Waals surface area contributed by atoms with Crippen LogP contribution in [0.2, 0.25) is 0 Å². The Labute approximate surface area is 126 Å². The first kappa shape index (κ1) is 14.1. The molecule has 1 aliphatic rings. The van der Waals surface area contributed by atoms with E-state index in [0.29, 0.717) is 5.92 Å². The Kier molecular flexibility index (Phi) is 4.55. The molecule has 0 radical (unpaired) electrons. The van der Waals surface area contributed by atoms with Crippen molar-refractivity contribution in [1.82, 2.24) is 15.1 Å². The van der Waals surface area contributed by atoms with Crippen LogP contribution in [-0.4, -0.2) is 22.9 Å². The molecule has 0 saturated heterocycles. The van der Waals surface area contributed by atoms with Gasteiger partial charge in [0, 0.05) is 25.2 Å². The molecule has 1 aromatic carbocycles. The van der Waals surface area contributed by atoms with E-state index in [1.54, 1.807) is 0 Å². The van der Waals surface area contributed by atoms with Crippen LogP contribution in [0, 0.1) is 0 Å². The summed E-state index contributed by atoms with van der Waals surface area (Å²) < 4.78 is 7.79. The monoisotopic (exact) mass is 285 g/mol. The fourth-order valence-corrected chi connectivity index (χ4v) is 2.82. The Bertz CT molecular complexity index is 579. The second-order valence-corrected chi connectivity index (χ2v) is 5.58. The lowest BCUT2D eigenvalue weighted by Gasteiger charge is -2.25. The molecule has 0 aliphatic carbocycles. The van der Waals surface area contributed by atoms with Gasteiger partial charge in [-0.15, -0.1) is 0 Å². The molecule has 3 rings (SSSR count). The van der Waals surface area contributed by atoms with Crippen molar-refractivity contribution in [3.8, 4) is 5.75 Å². The smallest absolute Gasteiger partial charge is 0.122 e. The van der Waals surface area contributed by atoms with E-state index in [1.165, 1.54) is 5.56 Å². The highest BCUT2D eigenvalue weighted by Crippen LogP contribution is 2.34. The number of hydrogen-bond donors (Lipinski definition) is 1. The summed E-state index contributed by atoms with van der Waals surface area (Å²) in [5.41, 5.74) is 2.42. The molecular formula is C17H23N3O. The van der Waals surface area contributed by atoms with Gasteiger partial charge in [-0.3, -0.25) is 4.68 Å². The van der Waals surface area contributed by atoms with Gasteiger partial charge in [0.2, 0.25) is 0 Å². The second-order valence-electron chi connectivity index (χ2n) is 5.58. The van der Waals surface area contributed by atoms with Crippen LogP contribution in [0.4, 0.5) is 0 Å². The predicted molar refractivity (Wildman–Crippen MR) is 83.5 cm³/mol. The maximum Gasteiger partial charge on any atom is 0.122 e. The molecule has 2 aromatic rings. The van der Waals surface area contributed by atoms with Gasteiger partial charge in [0.05, 0.1) is 12.3 Å². The van der Waals surface area contributed by atoms with Crippen molar-refractivity contribution < 1.29 is 4.74 Å². The standard InChI is InChI=1S/C17H23N3O/c1-2-9-18-12-15-7-10-20(19-15)13-14-8-11-21-17-6-4-3-5-16(14)17/h3-7,10,14,18H,2,8-9,11-13H2,1H3. The van der Waals surface area contributed by atoms with Crippen LogP contribution in [-0.2, 0) is 13.1 Å². The van der Waals surface area contributed by atoms with Crippen molar-refractivity contribution >= 4 is 0 Å². The third-order valence-electron chi connectivity index (χ3n) is 3.92. The fraction of sp³-hybridized carbons (Fsp3) is 0.471. The Balaban J connectivity index is 1.65.